The van der Waals surface area contributed by atoms with Crippen LogP contribution < -0.4 is 10.3 Å². The van der Waals surface area contributed by atoms with Gasteiger partial charge < -0.3 is 10.0 Å². The van der Waals surface area contributed by atoms with Crippen LogP contribution in [0, 0.1) is 0 Å². The molecule has 3 rings (SSSR count). The molecule has 26 heavy (non-hydrogen) atoms. The number of aromatic hydroxyl groups is 1. The molecule has 0 fully saturated rings. The number of hydrazone groups is 1. The Hall–Kier alpha value is -3.15. The first-order chi connectivity index (χ1) is 12.6. The standard InChI is InChI=1S/C20H21N3O3/c24-17-8-3-5-15(13-17)14-21-22-19(25)10-11-20(26)23-12-4-7-16-6-1-2-9-18(16)23/h1-3,5-6,8-9,13-14,24H,4,7,10-12H2,(H,22,25)/b21-14+. The van der Waals surface area contributed by atoms with Crippen LogP contribution in [-0.4, -0.2) is 29.7 Å². The van der Waals surface area contributed by atoms with E-state index in [0.29, 0.717) is 12.1 Å². The summed E-state index contributed by atoms with van der Waals surface area (Å²) in [5.74, 6) is -0.239. The van der Waals surface area contributed by atoms with Gasteiger partial charge in [-0.2, -0.15) is 5.10 Å². The maximum absolute atomic E-state index is 12.5. The molecule has 0 bridgehead atoms. The van der Waals surface area contributed by atoms with Gasteiger partial charge in [0.05, 0.1) is 6.21 Å². The average Bonchev–Trinajstić information content (AvgIpc) is 2.66. The SMILES string of the molecule is O=C(CCC(=O)N1CCCc2ccccc21)N/N=C/c1cccc(O)c1. The number of carbonyl (C=O) groups is 2. The molecule has 2 aromatic rings. The molecule has 2 aromatic carbocycles. The summed E-state index contributed by atoms with van der Waals surface area (Å²) in [6.45, 7) is 0.688. The van der Waals surface area contributed by atoms with Crippen LogP contribution in [0.4, 0.5) is 5.69 Å². The lowest BCUT2D eigenvalue weighted by Crippen LogP contribution is -2.36. The smallest absolute Gasteiger partial charge is 0.240 e. The molecule has 1 aliphatic rings. The van der Waals surface area contributed by atoms with Gasteiger partial charge in [-0.05, 0) is 42.2 Å². The number of benzene rings is 2. The second-order valence-corrected chi connectivity index (χ2v) is 6.17. The van der Waals surface area contributed by atoms with Crippen molar-refractivity contribution in [3.05, 3.63) is 59.7 Å². The Balaban J connectivity index is 1.50. The van der Waals surface area contributed by atoms with E-state index in [9.17, 15) is 14.7 Å². The molecule has 2 N–H and O–H groups in total. The van der Waals surface area contributed by atoms with E-state index in [-0.39, 0.29) is 30.4 Å². The second kappa shape index (κ2) is 8.29. The number of para-hydroxylation sites is 1. The van der Waals surface area contributed by atoms with Crippen molar-refractivity contribution in [3.63, 3.8) is 0 Å². The van der Waals surface area contributed by atoms with Crippen LogP contribution in [0.2, 0.25) is 0 Å². The van der Waals surface area contributed by atoms with Gasteiger partial charge in [-0.15, -0.1) is 0 Å². The number of rotatable bonds is 5. The van der Waals surface area contributed by atoms with E-state index in [2.05, 4.69) is 10.5 Å². The zero-order valence-corrected chi connectivity index (χ0v) is 14.4. The number of anilines is 1. The summed E-state index contributed by atoms with van der Waals surface area (Å²) in [5.41, 5.74) is 5.20. The van der Waals surface area contributed by atoms with E-state index in [1.807, 2.05) is 24.3 Å². The van der Waals surface area contributed by atoms with Crippen molar-refractivity contribution in [2.45, 2.75) is 25.7 Å². The molecule has 0 aliphatic carbocycles. The van der Waals surface area contributed by atoms with Crippen LogP contribution in [0.5, 0.6) is 5.75 Å². The summed E-state index contributed by atoms with van der Waals surface area (Å²) in [6.07, 6.45) is 3.57. The number of hydrogen-bond acceptors (Lipinski definition) is 4. The minimum absolute atomic E-state index is 0.0516. The molecule has 6 nitrogen and oxygen atoms in total. The zero-order chi connectivity index (χ0) is 18.4. The van der Waals surface area contributed by atoms with Gasteiger partial charge in [0, 0.05) is 25.1 Å². The highest BCUT2D eigenvalue weighted by Crippen LogP contribution is 2.27. The van der Waals surface area contributed by atoms with Gasteiger partial charge in [-0.1, -0.05) is 30.3 Å². The molecule has 0 saturated carbocycles. The highest BCUT2D eigenvalue weighted by atomic mass is 16.3. The number of fused-ring (bicyclic) bond motifs is 1. The number of phenols is 1. The number of nitrogens with zero attached hydrogens (tertiary/aromatic N) is 2. The largest absolute Gasteiger partial charge is 0.508 e. The quantitative estimate of drug-likeness (QED) is 0.642. The third-order valence-electron chi connectivity index (χ3n) is 4.25. The lowest BCUT2D eigenvalue weighted by Gasteiger charge is -2.29. The lowest BCUT2D eigenvalue weighted by molar-refractivity contribution is -0.125. The Bertz CT molecular complexity index is 833. The first-order valence-corrected chi connectivity index (χ1v) is 8.63. The maximum atomic E-state index is 12.5. The Morgan fingerprint density at radius 3 is 2.85 bits per heavy atom. The molecular weight excluding hydrogens is 330 g/mol. The van der Waals surface area contributed by atoms with Crippen LogP contribution in [-0.2, 0) is 16.0 Å². The fraction of sp³-hybridized carbons (Fsp3) is 0.250. The Morgan fingerprint density at radius 2 is 2.00 bits per heavy atom. The second-order valence-electron chi connectivity index (χ2n) is 6.17. The number of hydrogen-bond donors (Lipinski definition) is 2. The Labute approximate surface area is 152 Å². The lowest BCUT2D eigenvalue weighted by atomic mass is 10.0. The topological polar surface area (TPSA) is 82.0 Å². The van der Waals surface area contributed by atoms with Crippen molar-refractivity contribution < 1.29 is 14.7 Å². The van der Waals surface area contributed by atoms with Crippen molar-refractivity contribution in [2.24, 2.45) is 5.10 Å². The number of carbonyl (C=O) groups excluding carboxylic acids is 2. The first-order valence-electron chi connectivity index (χ1n) is 8.63. The van der Waals surface area contributed by atoms with Gasteiger partial charge in [0.1, 0.15) is 5.75 Å². The first kappa shape index (κ1) is 17.7. The molecule has 1 aliphatic heterocycles. The number of phenolic OH excluding ortho intramolecular Hbond substituents is 1. The summed E-state index contributed by atoms with van der Waals surface area (Å²) >= 11 is 0. The number of amides is 2. The normalized spacial score (nSPS) is 13.5. The van der Waals surface area contributed by atoms with Crippen LogP contribution in [0.15, 0.2) is 53.6 Å². The molecule has 0 unspecified atom stereocenters. The van der Waals surface area contributed by atoms with Gasteiger partial charge in [-0.25, -0.2) is 5.43 Å². The van der Waals surface area contributed by atoms with Crippen LogP contribution in [0.3, 0.4) is 0 Å². The van der Waals surface area contributed by atoms with Crippen molar-refractivity contribution >= 4 is 23.7 Å². The van der Waals surface area contributed by atoms with E-state index in [4.69, 9.17) is 0 Å². The molecule has 134 valence electrons. The van der Waals surface area contributed by atoms with Crippen molar-refractivity contribution in [2.75, 3.05) is 11.4 Å². The van der Waals surface area contributed by atoms with Crippen molar-refractivity contribution in [3.8, 4) is 5.75 Å². The molecule has 2 amide bonds. The van der Waals surface area contributed by atoms with Crippen LogP contribution in [0.25, 0.3) is 0 Å². The maximum Gasteiger partial charge on any atom is 0.240 e. The Kier molecular flexibility index (Phi) is 5.63. The third-order valence-corrected chi connectivity index (χ3v) is 4.25. The summed E-state index contributed by atoms with van der Waals surface area (Å²) in [6, 6.07) is 14.4. The fourth-order valence-electron chi connectivity index (χ4n) is 2.99. The molecule has 0 atom stereocenters. The summed E-state index contributed by atoms with van der Waals surface area (Å²) in [7, 11) is 0. The monoisotopic (exact) mass is 351 g/mol. The van der Waals surface area contributed by atoms with Crippen LogP contribution in [0.1, 0.15) is 30.4 Å². The van der Waals surface area contributed by atoms with Gasteiger partial charge in [0.15, 0.2) is 0 Å². The van der Waals surface area contributed by atoms with E-state index in [1.165, 1.54) is 17.8 Å². The third kappa shape index (κ3) is 4.47. The van der Waals surface area contributed by atoms with E-state index in [1.54, 1.807) is 23.1 Å². The number of nitrogens with one attached hydrogen (secondary N) is 1. The highest BCUT2D eigenvalue weighted by Gasteiger charge is 2.22. The van der Waals surface area contributed by atoms with Gasteiger partial charge in [-0.3, -0.25) is 9.59 Å². The molecule has 0 saturated heterocycles. The zero-order valence-electron chi connectivity index (χ0n) is 14.4. The summed E-state index contributed by atoms with van der Waals surface area (Å²) < 4.78 is 0. The van der Waals surface area contributed by atoms with Crippen molar-refractivity contribution in [1.29, 1.82) is 0 Å². The molecule has 1 heterocycles. The predicted molar refractivity (Wildman–Crippen MR) is 100 cm³/mol. The molecule has 0 spiro atoms. The molecule has 0 radical (unpaired) electrons. The predicted octanol–water partition coefficient (Wildman–Crippen LogP) is 2.60. The Morgan fingerprint density at radius 1 is 1.15 bits per heavy atom. The van der Waals surface area contributed by atoms with Crippen LogP contribution >= 0.6 is 0 Å². The van der Waals surface area contributed by atoms with Gasteiger partial charge in [0.2, 0.25) is 11.8 Å². The van der Waals surface area contributed by atoms with Gasteiger partial charge >= 0.3 is 0 Å². The van der Waals surface area contributed by atoms with E-state index in [0.717, 1.165) is 18.5 Å². The molecule has 0 aromatic heterocycles. The molecule has 6 heteroatoms. The minimum Gasteiger partial charge on any atom is -0.508 e. The minimum atomic E-state index is -0.319. The average molecular weight is 351 g/mol. The summed E-state index contributed by atoms with van der Waals surface area (Å²) in [4.78, 5) is 26.1. The van der Waals surface area contributed by atoms with E-state index >= 15 is 0 Å². The molecular formula is C20H21N3O3. The number of aryl methyl sites for hydroxylation is 1. The highest BCUT2D eigenvalue weighted by molar-refractivity contribution is 5.96. The van der Waals surface area contributed by atoms with E-state index < -0.39 is 0 Å². The van der Waals surface area contributed by atoms with Gasteiger partial charge in [0.25, 0.3) is 0 Å². The summed E-state index contributed by atoms with van der Waals surface area (Å²) in [5, 5.41) is 13.2. The van der Waals surface area contributed by atoms with Crippen molar-refractivity contribution in [1.82, 2.24) is 5.43 Å². The fourth-order valence-corrected chi connectivity index (χ4v) is 2.99.